The zero-order valence-corrected chi connectivity index (χ0v) is 18.0. The maximum absolute atomic E-state index is 11.4. The van der Waals surface area contributed by atoms with Crippen LogP contribution in [-0.4, -0.2) is 65.0 Å². The molecule has 0 fully saturated rings. The van der Waals surface area contributed by atoms with Crippen molar-refractivity contribution >= 4 is 20.3 Å². The van der Waals surface area contributed by atoms with Crippen molar-refractivity contribution in [3.63, 3.8) is 0 Å². The van der Waals surface area contributed by atoms with E-state index in [1.54, 1.807) is 0 Å². The molecular formula is C18H36O7Si. The first-order valence-corrected chi connectivity index (χ1v) is 12.1. The van der Waals surface area contributed by atoms with Crippen LogP contribution >= 0.6 is 0 Å². The van der Waals surface area contributed by atoms with E-state index in [2.05, 4.69) is 33.9 Å². The van der Waals surface area contributed by atoms with Crippen molar-refractivity contribution in [3.05, 3.63) is 0 Å². The quantitative estimate of drug-likeness (QED) is 0.260. The molecule has 26 heavy (non-hydrogen) atoms. The Bertz CT molecular complexity index is 405. The molecular weight excluding hydrogens is 356 g/mol. The third kappa shape index (κ3) is 13.3. The standard InChI is InChI=1S/C18H36O7Si/c1-18(2,3)26(4,5)25-15-13-23-11-10-22-12-14-24-17(21)9-7-6-8-16(19)20/h6-15H2,1-5H3,(H,19,20). The molecule has 7 nitrogen and oxygen atoms in total. The van der Waals surface area contributed by atoms with Crippen LogP contribution in [0.3, 0.4) is 0 Å². The van der Waals surface area contributed by atoms with Crippen LogP contribution in [0.2, 0.25) is 18.1 Å². The molecule has 0 atom stereocenters. The van der Waals surface area contributed by atoms with E-state index in [1.807, 2.05) is 0 Å². The molecule has 0 unspecified atom stereocenters. The van der Waals surface area contributed by atoms with Crippen molar-refractivity contribution in [2.75, 3.05) is 39.6 Å². The molecule has 0 aliphatic carbocycles. The average Bonchev–Trinajstić information content (AvgIpc) is 2.52. The highest BCUT2D eigenvalue weighted by Crippen LogP contribution is 2.36. The van der Waals surface area contributed by atoms with E-state index in [9.17, 15) is 9.59 Å². The van der Waals surface area contributed by atoms with Crippen LogP contribution in [0.1, 0.15) is 46.5 Å². The van der Waals surface area contributed by atoms with Gasteiger partial charge in [-0.2, -0.15) is 0 Å². The van der Waals surface area contributed by atoms with Crippen molar-refractivity contribution in [2.45, 2.75) is 64.6 Å². The third-order valence-corrected chi connectivity index (χ3v) is 8.92. The van der Waals surface area contributed by atoms with Crippen molar-refractivity contribution in [1.82, 2.24) is 0 Å². The van der Waals surface area contributed by atoms with Crippen molar-refractivity contribution in [2.24, 2.45) is 0 Å². The molecule has 0 radical (unpaired) electrons. The Labute approximate surface area is 158 Å². The molecule has 0 aromatic rings. The lowest BCUT2D eigenvalue weighted by atomic mass is 10.2. The van der Waals surface area contributed by atoms with Crippen molar-refractivity contribution in [3.8, 4) is 0 Å². The fraction of sp³-hybridized carbons (Fsp3) is 0.889. The van der Waals surface area contributed by atoms with Crippen LogP contribution in [0.4, 0.5) is 0 Å². The summed E-state index contributed by atoms with van der Waals surface area (Å²) in [5.41, 5.74) is 0. The number of hydrogen-bond acceptors (Lipinski definition) is 6. The molecule has 8 heteroatoms. The van der Waals surface area contributed by atoms with E-state index in [0.717, 1.165) is 0 Å². The number of esters is 1. The fourth-order valence-electron chi connectivity index (χ4n) is 1.73. The number of rotatable bonds is 15. The first-order chi connectivity index (χ1) is 12.1. The number of carboxylic acid groups (broad SMARTS) is 1. The number of aliphatic carboxylic acids is 1. The molecule has 0 aliphatic heterocycles. The van der Waals surface area contributed by atoms with Crippen LogP contribution in [0.25, 0.3) is 0 Å². The largest absolute Gasteiger partial charge is 0.481 e. The molecule has 0 rings (SSSR count). The molecule has 1 N–H and O–H groups in total. The van der Waals surface area contributed by atoms with Crippen LogP contribution < -0.4 is 0 Å². The molecule has 0 aromatic heterocycles. The number of carbonyl (C=O) groups excluding carboxylic acids is 1. The van der Waals surface area contributed by atoms with Gasteiger partial charge in [-0.3, -0.25) is 9.59 Å². The number of carbonyl (C=O) groups is 2. The second-order valence-corrected chi connectivity index (χ2v) is 12.5. The zero-order chi connectivity index (χ0) is 20.1. The van der Waals surface area contributed by atoms with Gasteiger partial charge in [0, 0.05) is 12.8 Å². The highest BCUT2D eigenvalue weighted by Gasteiger charge is 2.36. The zero-order valence-electron chi connectivity index (χ0n) is 17.0. The van der Waals surface area contributed by atoms with Gasteiger partial charge >= 0.3 is 11.9 Å². The Morgan fingerprint density at radius 2 is 1.35 bits per heavy atom. The van der Waals surface area contributed by atoms with Crippen LogP contribution in [0, 0.1) is 0 Å². The van der Waals surface area contributed by atoms with Gasteiger partial charge < -0.3 is 23.7 Å². The summed E-state index contributed by atoms with van der Waals surface area (Å²) >= 11 is 0. The molecule has 0 heterocycles. The molecule has 0 amide bonds. The number of carboxylic acids is 1. The third-order valence-electron chi connectivity index (χ3n) is 4.38. The van der Waals surface area contributed by atoms with E-state index in [-0.39, 0.29) is 30.5 Å². The number of hydrogen-bond donors (Lipinski definition) is 1. The monoisotopic (exact) mass is 392 g/mol. The molecule has 0 bridgehead atoms. The van der Waals surface area contributed by atoms with Gasteiger partial charge in [0.2, 0.25) is 0 Å². The average molecular weight is 393 g/mol. The Morgan fingerprint density at radius 1 is 0.846 bits per heavy atom. The Morgan fingerprint density at radius 3 is 1.88 bits per heavy atom. The molecule has 0 aliphatic rings. The number of unbranched alkanes of at least 4 members (excludes halogenated alkanes) is 1. The van der Waals surface area contributed by atoms with Gasteiger partial charge in [0.25, 0.3) is 0 Å². The fourth-order valence-corrected chi connectivity index (χ4v) is 2.75. The van der Waals surface area contributed by atoms with Gasteiger partial charge in [0.1, 0.15) is 6.61 Å². The normalized spacial score (nSPS) is 12.2. The minimum Gasteiger partial charge on any atom is -0.481 e. The van der Waals surface area contributed by atoms with E-state index in [4.69, 9.17) is 23.7 Å². The van der Waals surface area contributed by atoms with Gasteiger partial charge in [-0.05, 0) is 31.0 Å². The summed E-state index contributed by atoms with van der Waals surface area (Å²) in [4.78, 5) is 21.7. The Balaban J connectivity index is 3.41. The lowest BCUT2D eigenvalue weighted by Crippen LogP contribution is -2.41. The number of ether oxygens (including phenoxy) is 3. The predicted molar refractivity (Wildman–Crippen MR) is 102 cm³/mol. The van der Waals surface area contributed by atoms with Gasteiger partial charge in [-0.1, -0.05) is 20.8 Å². The highest BCUT2D eigenvalue weighted by atomic mass is 28.4. The lowest BCUT2D eigenvalue weighted by molar-refractivity contribution is -0.146. The SMILES string of the molecule is CC(C)(C)[Si](C)(C)OCCOCCOCCOC(=O)CCCCC(=O)O. The van der Waals surface area contributed by atoms with Gasteiger partial charge in [0.05, 0.1) is 33.0 Å². The minimum atomic E-state index is -1.71. The van der Waals surface area contributed by atoms with E-state index >= 15 is 0 Å². The van der Waals surface area contributed by atoms with E-state index in [0.29, 0.717) is 45.9 Å². The summed E-state index contributed by atoms with van der Waals surface area (Å²) < 4.78 is 21.8. The van der Waals surface area contributed by atoms with Crippen LogP contribution in [0.5, 0.6) is 0 Å². The van der Waals surface area contributed by atoms with E-state index in [1.165, 1.54) is 0 Å². The molecule has 0 saturated heterocycles. The molecule has 0 spiro atoms. The van der Waals surface area contributed by atoms with Gasteiger partial charge in [-0.15, -0.1) is 0 Å². The first kappa shape index (κ1) is 25.0. The van der Waals surface area contributed by atoms with Crippen LogP contribution in [-0.2, 0) is 28.2 Å². The molecule has 0 aromatic carbocycles. The van der Waals surface area contributed by atoms with Gasteiger partial charge in [0.15, 0.2) is 8.32 Å². The van der Waals surface area contributed by atoms with Crippen molar-refractivity contribution in [1.29, 1.82) is 0 Å². The lowest BCUT2D eigenvalue weighted by Gasteiger charge is -2.36. The summed E-state index contributed by atoms with van der Waals surface area (Å²) in [6.07, 6.45) is 1.33. The summed E-state index contributed by atoms with van der Waals surface area (Å²) in [7, 11) is -1.71. The van der Waals surface area contributed by atoms with Crippen molar-refractivity contribution < 1.29 is 33.3 Å². The summed E-state index contributed by atoms with van der Waals surface area (Å²) in [5.74, 6) is -1.17. The smallest absolute Gasteiger partial charge is 0.305 e. The topological polar surface area (TPSA) is 91.3 Å². The first-order valence-electron chi connectivity index (χ1n) is 9.23. The van der Waals surface area contributed by atoms with Crippen LogP contribution in [0.15, 0.2) is 0 Å². The Kier molecular flexibility index (Phi) is 12.8. The molecule has 0 saturated carbocycles. The second kappa shape index (κ2) is 13.2. The summed E-state index contributed by atoms with van der Waals surface area (Å²) in [6, 6.07) is 0. The Hall–Kier alpha value is -0.963. The maximum atomic E-state index is 11.4. The maximum Gasteiger partial charge on any atom is 0.305 e. The summed E-state index contributed by atoms with van der Waals surface area (Å²) in [6.45, 7) is 13.6. The molecule has 154 valence electrons. The minimum absolute atomic E-state index is 0.0807. The summed E-state index contributed by atoms with van der Waals surface area (Å²) in [5, 5.41) is 8.69. The predicted octanol–water partition coefficient (Wildman–Crippen LogP) is 3.23. The second-order valence-electron chi connectivity index (χ2n) is 7.65. The van der Waals surface area contributed by atoms with E-state index < -0.39 is 14.3 Å². The highest BCUT2D eigenvalue weighted by molar-refractivity contribution is 6.74. The van der Waals surface area contributed by atoms with Gasteiger partial charge in [-0.25, -0.2) is 0 Å².